The molecule has 0 saturated carbocycles. The Hall–Kier alpha value is -1.77. The van der Waals surface area contributed by atoms with E-state index in [4.69, 9.17) is 0 Å². The topological polar surface area (TPSA) is 29.9 Å². The summed E-state index contributed by atoms with van der Waals surface area (Å²) in [4.78, 5) is 0. The van der Waals surface area contributed by atoms with Crippen LogP contribution in [0.1, 0.15) is 43.1 Å². The molecule has 1 aliphatic rings. The fourth-order valence-corrected chi connectivity index (χ4v) is 2.61. The molecule has 19 heavy (non-hydrogen) atoms. The van der Waals surface area contributed by atoms with Crippen molar-refractivity contribution >= 4 is 5.69 Å². The number of hydrogen-bond donors (Lipinski definition) is 1. The maximum absolute atomic E-state index is 4.62. The first-order chi connectivity index (χ1) is 9.22. The van der Waals surface area contributed by atoms with Gasteiger partial charge in [-0.05, 0) is 49.9 Å². The first-order valence-corrected chi connectivity index (χ1v) is 7.12. The molecule has 0 atom stereocenters. The van der Waals surface area contributed by atoms with E-state index < -0.39 is 0 Å². The molecule has 0 aliphatic carbocycles. The van der Waals surface area contributed by atoms with Gasteiger partial charge >= 0.3 is 0 Å². The third-order valence-corrected chi connectivity index (χ3v) is 3.69. The Labute approximate surface area is 114 Å². The smallest absolute Gasteiger partial charge is 0.0668 e. The van der Waals surface area contributed by atoms with Crippen molar-refractivity contribution in [1.29, 1.82) is 0 Å². The van der Waals surface area contributed by atoms with Gasteiger partial charge in [-0.1, -0.05) is 12.1 Å². The molecular formula is C16H21N3. The summed E-state index contributed by atoms with van der Waals surface area (Å²) >= 11 is 0. The number of nitrogens with zero attached hydrogens (tertiary/aromatic N) is 2. The number of nitrogens with one attached hydrogen (secondary N) is 1. The van der Waals surface area contributed by atoms with E-state index in [0.29, 0.717) is 6.04 Å². The van der Waals surface area contributed by atoms with E-state index in [1.807, 2.05) is 4.68 Å². The SMILES string of the molecule is CC(C)n1ccc(Cc2ccc3c(c2)CCCN3)n1. The van der Waals surface area contributed by atoms with Crippen molar-refractivity contribution in [2.45, 2.75) is 39.2 Å². The first kappa shape index (κ1) is 12.3. The molecular weight excluding hydrogens is 234 g/mol. The van der Waals surface area contributed by atoms with Crippen LogP contribution in [0.5, 0.6) is 0 Å². The quantitative estimate of drug-likeness (QED) is 0.910. The molecule has 0 spiro atoms. The Balaban J connectivity index is 1.78. The van der Waals surface area contributed by atoms with Crippen LogP contribution < -0.4 is 5.32 Å². The van der Waals surface area contributed by atoms with E-state index in [9.17, 15) is 0 Å². The summed E-state index contributed by atoms with van der Waals surface area (Å²) in [5, 5.41) is 8.07. The van der Waals surface area contributed by atoms with Crippen molar-refractivity contribution < 1.29 is 0 Å². The van der Waals surface area contributed by atoms with Crippen molar-refractivity contribution in [3.8, 4) is 0 Å². The molecule has 1 aliphatic heterocycles. The largest absolute Gasteiger partial charge is 0.385 e. The lowest BCUT2D eigenvalue weighted by Crippen LogP contribution is -2.11. The monoisotopic (exact) mass is 255 g/mol. The molecule has 2 heterocycles. The van der Waals surface area contributed by atoms with Crippen LogP contribution in [0.2, 0.25) is 0 Å². The molecule has 3 nitrogen and oxygen atoms in total. The highest BCUT2D eigenvalue weighted by Gasteiger charge is 2.10. The first-order valence-electron chi connectivity index (χ1n) is 7.12. The van der Waals surface area contributed by atoms with Gasteiger partial charge in [-0.25, -0.2) is 0 Å². The Morgan fingerprint density at radius 3 is 3.00 bits per heavy atom. The average Bonchev–Trinajstić information content (AvgIpc) is 2.87. The van der Waals surface area contributed by atoms with Crippen LogP contribution in [-0.2, 0) is 12.8 Å². The second-order valence-electron chi connectivity index (χ2n) is 5.58. The summed E-state index contributed by atoms with van der Waals surface area (Å²) in [6, 6.07) is 9.31. The summed E-state index contributed by atoms with van der Waals surface area (Å²) < 4.78 is 2.02. The summed E-state index contributed by atoms with van der Waals surface area (Å²) in [5.74, 6) is 0. The highest BCUT2D eigenvalue weighted by Crippen LogP contribution is 2.23. The molecule has 0 radical (unpaired) electrons. The van der Waals surface area contributed by atoms with Gasteiger partial charge in [0.15, 0.2) is 0 Å². The molecule has 0 unspecified atom stereocenters. The second-order valence-corrected chi connectivity index (χ2v) is 5.58. The highest BCUT2D eigenvalue weighted by atomic mass is 15.3. The zero-order valence-electron chi connectivity index (χ0n) is 11.7. The number of rotatable bonds is 3. The lowest BCUT2D eigenvalue weighted by molar-refractivity contribution is 0.527. The van der Waals surface area contributed by atoms with Crippen LogP contribution in [0.15, 0.2) is 30.5 Å². The number of aryl methyl sites for hydroxylation is 1. The standard InChI is InChI=1S/C16H21N3/c1-12(2)19-9-7-15(18-19)11-13-5-6-16-14(10-13)4-3-8-17-16/h5-7,9-10,12,17H,3-4,8,11H2,1-2H3. The minimum absolute atomic E-state index is 0.432. The van der Waals surface area contributed by atoms with E-state index in [1.165, 1.54) is 29.7 Å². The highest BCUT2D eigenvalue weighted by molar-refractivity contribution is 5.54. The minimum atomic E-state index is 0.432. The fraction of sp³-hybridized carbons (Fsp3) is 0.438. The van der Waals surface area contributed by atoms with Crippen molar-refractivity contribution in [2.24, 2.45) is 0 Å². The zero-order valence-corrected chi connectivity index (χ0v) is 11.7. The number of hydrogen-bond acceptors (Lipinski definition) is 2. The third-order valence-electron chi connectivity index (χ3n) is 3.69. The van der Waals surface area contributed by atoms with Crippen LogP contribution in [0.4, 0.5) is 5.69 Å². The van der Waals surface area contributed by atoms with Crippen LogP contribution in [0, 0.1) is 0 Å². The summed E-state index contributed by atoms with van der Waals surface area (Å²) in [5.41, 5.74) is 5.27. The normalized spacial score (nSPS) is 14.3. The number of benzene rings is 1. The number of fused-ring (bicyclic) bond motifs is 1. The maximum Gasteiger partial charge on any atom is 0.0668 e. The van der Waals surface area contributed by atoms with Crippen LogP contribution in [0.3, 0.4) is 0 Å². The summed E-state index contributed by atoms with van der Waals surface area (Å²) in [6.07, 6.45) is 5.42. The Kier molecular flexibility index (Phi) is 3.28. The van der Waals surface area contributed by atoms with Gasteiger partial charge in [0.05, 0.1) is 5.69 Å². The average molecular weight is 255 g/mol. The summed E-state index contributed by atoms with van der Waals surface area (Å²) in [7, 11) is 0. The third kappa shape index (κ3) is 2.65. The van der Waals surface area contributed by atoms with Crippen molar-refractivity contribution in [3.05, 3.63) is 47.3 Å². The number of anilines is 1. The molecule has 0 amide bonds. The number of aromatic nitrogens is 2. The molecule has 0 bridgehead atoms. The lowest BCUT2D eigenvalue weighted by Gasteiger charge is -2.18. The van der Waals surface area contributed by atoms with Crippen LogP contribution >= 0.6 is 0 Å². The zero-order chi connectivity index (χ0) is 13.2. The van der Waals surface area contributed by atoms with Gasteiger partial charge in [0, 0.05) is 30.9 Å². The maximum atomic E-state index is 4.62. The van der Waals surface area contributed by atoms with Gasteiger partial charge in [-0.2, -0.15) is 5.10 Å². The van der Waals surface area contributed by atoms with Crippen molar-refractivity contribution in [2.75, 3.05) is 11.9 Å². The molecule has 1 aromatic carbocycles. The van der Waals surface area contributed by atoms with Crippen molar-refractivity contribution in [3.63, 3.8) is 0 Å². The van der Waals surface area contributed by atoms with E-state index >= 15 is 0 Å². The van der Waals surface area contributed by atoms with E-state index in [0.717, 1.165) is 18.7 Å². The lowest BCUT2D eigenvalue weighted by atomic mass is 9.99. The molecule has 1 aromatic heterocycles. The molecule has 100 valence electrons. The van der Waals surface area contributed by atoms with Gasteiger partial charge in [0.2, 0.25) is 0 Å². The van der Waals surface area contributed by atoms with Gasteiger partial charge < -0.3 is 5.32 Å². The molecule has 0 fully saturated rings. The Bertz CT molecular complexity index is 569. The molecule has 2 aromatic rings. The molecule has 1 N–H and O–H groups in total. The molecule has 3 heteroatoms. The van der Waals surface area contributed by atoms with Gasteiger partial charge in [0.1, 0.15) is 0 Å². The fourth-order valence-electron chi connectivity index (χ4n) is 2.61. The Morgan fingerprint density at radius 2 is 2.21 bits per heavy atom. The van der Waals surface area contributed by atoms with Crippen LogP contribution in [-0.4, -0.2) is 16.3 Å². The molecule has 0 saturated heterocycles. The predicted octanol–water partition coefficient (Wildman–Crippen LogP) is 3.41. The minimum Gasteiger partial charge on any atom is -0.385 e. The summed E-state index contributed by atoms with van der Waals surface area (Å²) in [6.45, 7) is 5.41. The van der Waals surface area contributed by atoms with E-state index in [2.05, 4.69) is 54.7 Å². The van der Waals surface area contributed by atoms with Gasteiger partial charge in [0.25, 0.3) is 0 Å². The Morgan fingerprint density at radius 1 is 1.32 bits per heavy atom. The van der Waals surface area contributed by atoms with Crippen LogP contribution in [0.25, 0.3) is 0 Å². The predicted molar refractivity (Wildman–Crippen MR) is 78.7 cm³/mol. The van der Waals surface area contributed by atoms with Gasteiger partial charge in [-0.15, -0.1) is 0 Å². The van der Waals surface area contributed by atoms with Crippen molar-refractivity contribution in [1.82, 2.24) is 9.78 Å². The van der Waals surface area contributed by atoms with E-state index in [-0.39, 0.29) is 0 Å². The molecule has 3 rings (SSSR count). The van der Waals surface area contributed by atoms with E-state index in [1.54, 1.807) is 0 Å². The van der Waals surface area contributed by atoms with Gasteiger partial charge in [-0.3, -0.25) is 4.68 Å². The second kappa shape index (κ2) is 5.08.